The van der Waals surface area contributed by atoms with Crippen molar-refractivity contribution >= 4 is 5.97 Å². The van der Waals surface area contributed by atoms with Gasteiger partial charge in [0.2, 0.25) is 6.29 Å². The maximum atomic E-state index is 11.8. The van der Waals surface area contributed by atoms with Crippen molar-refractivity contribution < 1.29 is 59.1 Å². The van der Waals surface area contributed by atoms with Gasteiger partial charge in [0.15, 0.2) is 18.0 Å². The second-order valence-electron chi connectivity index (χ2n) is 8.45. The number of ether oxygens (including phenoxy) is 5. The van der Waals surface area contributed by atoms with Crippen LogP contribution in [0.2, 0.25) is 0 Å². The molecule has 2 aliphatic heterocycles. The van der Waals surface area contributed by atoms with Crippen molar-refractivity contribution in [3.8, 4) is 11.5 Å². The van der Waals surface area contributed by atoms with Crippen molar-refractivity contribution in [1.29, 1.82) is 0 Å². The fraction of sp³-hybridized carbons (Fsp3) is 0.609. The van der Waals surface area contributed by atoms with Crippen molar-refractivity contribution in [1.82, 2.24) is 0 Å². The molecule has 35 heavy (non-hydrogen) atoms. The van der Waals surface area contributed by atoms with Gasteiger partial charge in [0.1, 0.15) is 42.5 Å². The lowest BCUT2D eigenvalue weighted by molar-refractivity contribution is -0.318. The molecule has 8 atom stereocenters. The average Bonchev–Trinajstić information content (AvgIpc) is 3.12. The van der Waals surface area contributed by atoms with Gasteiger partial charge in [-0.3, -0.25) is 0 Å². The quantitative estimate of drug-likeness (QED) is 0.169. The molecule has 0 saturated carbocycles. The predicted molar refractivity (Wildman–Crippen MR) is 117 cm³/mol. The van der Waals surface area contributed by atoms with E-state index >= 15 is 0 Å². The molecule has 2 fully saturated rings. The first-order valence-electron chi connectivity index (χ1n) is 11.3. The molecule has 2 aliphatic rings. The van der Waals surface area contributed by atoms with Crippen LogP contribution in [0.1, 0.15) is 19.8 Å². The second kappa shape index (κ2) is 12.1. The summed E-state index contributed by atoms with van der Waals surface area (Å²) in [7, 11) is 0. The molecule has 0 spiro atoms. The molecule has 0 radical (unpaired) electrons. The Kier molecular flexibility index (Phi) is 9.44. The zero-order valence-corrected chi connectivity index (χ0v) is 19.2. The molecule has 0 bridgehead atoms. The minimum atomic E-state index is -1.99. The number of benzene rings is 1. The molecule has 2 saturated heterocycles. The SMILES string of the molecule is CCC/C=C/C(=O)OC[C@]1(O)CO[C@@H](O[C@H]2[C@@H](Oc3ccc(O)cc3)O[C@H](CO)[C@@H](O)[C@@H]2O)[C@@H]1O. The fourth-order valence-corrected chi connectivity index (χ4v) is 3.60. The zero-order chi connectivity index (χ0) is 25.6. The zero-order valence-electron chi connectivity index (χ0n) is 19.2. The van der Waals surface area contributed by atoms with Crippen LogP contribution in [-0.4, -0.2) is 105 Å². The van der Waals surface area contributed by atoms with Crippen LogP contribution in [-0.2, 0) is 23.7 Å². The first-order chi connectivity index (χ1) is 16.7. The number of aliphatic hydroxyl groups excluding tert-OH is 4. The van der Waals surface area contributed by atoms with Gasteiger partial charge in [0.25, 0.3) is 0 Å². The third kappa shape index (κ3) is 6.68. The topological polar surface area (TPSA) is 185 Å². The monoisotopic (exact) mass is 500 g/mol. The van der Waals surface area contributed by atoms with Gasteiger partial charge in [-0.25, -0.2) is 4.79 Å². The van der Waals surface area contributed by atoms with E-state index in [1.54, 1.807) is 6.08 Å². The van der Waals surface area contributed by atoms with Crippen LogP contribution in [0.15, 0.2) is 36.4 Å². The van der Waals surface area contributed by atoms with E-state index in [-0.39, 0.29) is 11.5 Å². The Morgan fingerprint density at radius 1 is 1.17 bits per heavy atom. The lowest BCUT2D eigenvalue weighted by atomic mass is 9.98. The van der Waals surface area contributed by atoms with Crippen molar-refractivity contribution in [2.75, 3.05) is 19.8 Å². The molecule has 1 aromatic rings. The summed E-state index contributed by atoms with van der Waals surface area (Å²) < 4.78 is 27.2. The van der Waals surface area contributed by atoms with E-state index in [1.165, 1.54) is 30.3 Å². The molecule has 12 heteroatoms. The molecule has 1 aromatic carbocycles. The minimum Gasteiger partial charge on any atom is -0.508 e. The number of carbonyl (C=O) groups is 1. The Bertz CT molecular complexity index is 845. The summed E-state index contributed by atoms with van der Waals surface area (Å²) >= 11 is 0. The highest BCUT2D eigenvalue weighted by Gasteiger charge is 2.54. The van der Waals surface area contributed by atoms with E-state index < -0.39 is 74.5 Å². The molecule has 0 unspecified atom stereocenters. The fourth-order valence-electron chi connectivity index (χ4n) is 3.60. The van der Waals surface area contributed by atoms with Crippen LogP contribution < -0.4 is 4.74 Å². The lowest BCUT2D eigenvalue weighted by Crippen LogP contribution is -2.62. The number of hydrogen-bond acceptors (Lipinski definition) is 12. The summed E-state index contributed by atoms with van der Waals surface area (Å²) in [6.45, 7) is 0.304. The number of hydrogen-bond donors (Lipinski definition) is 6. The van der Waals surface area contributed by atoms with E-state index in [0.717, 1.165) is 6.42 Å². The Morgan fingerprint density at radius 3 is 2.54 bits per heavy atom. The Hall–Kier alpha value is -2.29. The van der Waals surface area contributed by atoms with Crippen LogP contribution in [0.25, 0.3) is 0 Å². The van der Waals surface area contributed by atoms with E-state index in [2.05, 4.69) is 0 Å². The second-order valence-corrected chi connectivity index (χ2v) is 8.45. The number of phenolic OH excluding ortho intramolecular Hbond substituents is 1. The van der Waals surface area contributed by atoms with Crippen molar-refractivity contribution in [2.45, 2.75) is 68.5 Å². The normalized spacial score (nSPS) is 35.3. The summed E-state index contributed by atoms with van der Waals surface area (Å²) in [5, 5.41) is 61.2. The molecule has 3 rings (SSSR count). The standard InChI is InChI=1S/C23H32O12/c1-2-3-4-5-16(26)31-11-23(30)12-32-22(20(23)29)35-19-18(28)17(27)15(10-24)34-21(19)33-14-8-6-13(25)7-9-14/h4-9,15,17-22,24-25,27-30H,2-3,10-12H2,1H3/b5-4+/t15-,17-,18+,19-,20+,21+,22+,23+/m1/s1. The van der Waals surface area contributed by atoms with Gasteiger partial charge in [-0.15, -0.1) is 0 Å². The number of aromatic hydroxyl groups is 1. The van der Waals surface area contributed by atoms with Gasteiger partial charge in [-0.2, -0.15) is 0 Å². The van der Waals surface area contributed by atoms with Crippen molar-refractivity contribution in [3.05, 3.63) is 36.4 Å². The minimum absolute atomic E-state index is 0.0123. The van der Waals surface area contributed by atoms with Crippen LogP contribution in [0, 0.1) is 0 Å². The summed E-state index contributed by atoms with van der Waals surface area (Å²) in [4.78, 5) is 11.8. The first-order valence-corrected chi connectivity index (χ1v) is 11.3. The number of aliphatic hydroxyl groups is 5. The Labute approximate surface area is 201 Å². The molecule has 12 nitrogen and oxygen atoms in total. The third-order valence-electron chi connectivity index (χ3n) is 5.68. The maximum absolute atomic E-state index is 11.8. The molecular formula is C23H32O12. The van der Waals surface area contributed by atoms with Crippen LogP contribution >= 0.6 is 0 Å². The molecule has 0 amide bonds. The highest BCUT2D eigenvalue weighted by molar-refractivity contribution is 5.81. The van der Waals surface area contributed by atoms with E-state index in [9.17, 15) is 35.4 Å². The van der Waals surface area contributed by atoms with Crippen molar-refractivity contribution in [3.63, 3.8) is 0 Å². The van der Waals surface area contributed by atoms with E-state index in [1.807, 2.05) is 6.92 Å². The number of rotatable bonds is 10. The molecular weight excluding hydrogens is 468 g/mol. The van der Waals surface area contributed by atoms with E-state index in [0.29, 0.717) is 6.42 Å². The average molecular weight is 500 g/mol. The smallest absolute Gasteiger partial charge is 0.330 e. The number of unbranched alkanes of at least 4 members (excludes halogenated alkanes) is 1. The van der Waals surface area contributed by atoms with E-state index in [4.69, 9.17) is 23.7 Å². The van der Waals surface area contributed by atoms with Gasteiger partial charge in [-0.05, 0) is 30.7 Å². The molecule has 196 valence electrons. The molecule has 2 heterocycles. The van der Waals surface area contributed by atoms with Crippen LogP contribution in [0.4, 0.5) is 0 Å². The summed E-state index contributed by atoms with van der Waals surface area (Å²) in [6.07, 6.45) is -5.99. The lowest BCUT2D eigenvalue weighted by Gasteiger charge is -2.42. The summed E-state index contributed by atoms with van der Waals surface area (Å²) in [5.74, 6) is -0.490. The number of esters is 1. The molecule has 0 aromatic heterocycles. The number of allylic oxidation sites excluding steroid dienone is 1. The van der Waals surface area contributed by atoms with Gasteiger partial charge in [0, 0.05) is 6.08 Å². The Morgan fingerprint density at radius 2 is 1.89 bits per heavy atom. The maximum Gasteiger partial charge on any atom is 0.330 e. The molecule has 0 aliphatic carbocycles. The van der Waals surface area contributed by atoms with Crippen LogP contribution in [0.3, 0.4) is 0 Å². The summed E-state index contributed by atoms with van der Waals surface area (Å²) in [5.41, 5.74) is -1.99. The predicted octanol–water partition coefficient (Wildman–Crippen LogP) is -1.06. The molecule has 6 N–H and O–H groups in total. The highest BCUT2D eigenvalue weighted by Crippen LogP contribution is 2.32. The number of carbonyl (C=O) groups excluding carboxylic acids is 1. The van der Waals surface area contributed by atoms with Gasteiger partial charge in [-0.1, -0.05) is 19.4 Å². The van der Waals surface area contributed by atoms with Crippen LogP contribution in [0.5, 0.6) is 11.5 Å². The summed E-state index contributed by atoms with van der Waals surface area (Å²) in [6, 6.07) is 5.55. The van der Waals surface area contributed by atoms with Crippen molar-refractivity contribution in [2.24, 2.45) is 0 Å². The highest BCUT2D eigenvalue weighted by atomic mass is 16.8. The first kappa shape index (κ1) is 27.3. The van der Waals surface area contributed by atoms with Gasteiger partial charge in [0.05, 0.1) is 13.2 Å². The van der Waals surface area contributed by atoms with Gasteiger partial charge >= 0.3 is 5.97 Å². The van der Waals surface area contributed by atoms with Gasteiger partial charge < -0.3 is 54.3 Å². The third-order valence-corrected chi connectivity index (χ3v) is 5.68. The number of phenols is 1. The Balaban J connectivity index is 1.68. The largest absolute Gasteiger partial charge is 0.508 e.